The van der Waals surface area contributed by atoms with Crippen LogP contribution < -0.4 is 0 Å². The molecule has 0 radical (unpaired) electrons. The molecule has 0 spiro atoms. The van der Waals surface area contributed by atoms with Gasteiger partial charge in [0.1, 0.15) is 0 Å². The van der Waals surface area contributed by atoms with Crippen LogP contribution >= 0.6 is 0 Å². The topological polar surface area (TPSA) is 53.8 Å². The van der Waals surface area contributed by atoms with Gasteiger partial charge in [0.15, 0.2) is 0 Å². The minimum atomic E-state index is -0.271. The molecule has 0 bridgehead atoms. The van der Waals surface area contributed by atoms with Crippen molar-refractivity contribution in [3.63, 3.8) is 0 Å². The van der Waals surface area contributed by atoms with Crippen LogP contribution in [-0.2, 0) is 11.3 Å². The number of β-amino-alcohol motifs (C(OH)–C–C–N with tert-alkyl or cyclic N) is 1. The minimum absolute atomic E-state index is 0.159. The number of hydrogen-bond donors (Lipinski definition) is 1. The molecule has 1 aromatic heterocycles. The maximum absolute atomic E-state index is 10.4. The number of aromatic nitrogens is 2. The smallest absolute Gasteiger partial charge is 0.0898 e. The monoisotopic (exact) mass is 322 g/mol. The molecule has 0 unspecified atom stereocenters. The number of piperidine rings is 1. The molecule has 6 heteroatoms. The highest BCUT2D eigenvalue weighted by Crippen LogP contribution is 2.16. The van der Waals surface area contributed by atoms with E-state index in [1.807, 2.05) is 16.9 Å². The van der Waals surface area contributed by atoms with Crippen LogP contribution in [0.3, 0.4) is 0 Å². The quantitative estimate of drug-likeness (QED) is 0.835. The Labute approximate surface area is 139 Å². The van der Waals surface area contributed by atoms with E-state index in [9.17, 15) is 5.11 Å². The second kappa shape index (κ2) is 8.24. The molecule has 0 amide bonds. The van der Waals surface area contributed by atoms with Crippen molar-refractivity contribution in [2.45, 2.75) is 38.5 Å². The number of hydrogen-bond acceptors (Lipinski definition) is 5. The van der Waals surface area contributed by atoms with Gasteiger partial charge in [-0.25, -0.2) is 0 Å². The van der Waals surface area contributed by atoms with Crippen molar-refractivity contribution in [3.05, 3.63) is 18.5 Å². The molecule has 0 saturated carbocycles. The molecule has 2 saturated heterocycles. The number of aliphatic hydroxyl groups is 1. The number of nitrogens with zero attached hydrogens (tertiary/aromatic N) is 4. The molecule has 3 rings (SSSR count). The maximum Gasteiger partial charge on any atom is 0.0898 e. The molecule has 0 aromatic carbocycles. The fourth-order valence-electron chi connectivity index (χ4n) is 3.57. The van der Waals surface area contributed by atoms with Crippen LogP contribution in [0.25, 0.3) is 0 Å². The van der Waals surface area contributed by atoms with Gasteiger partial charge in [-0.2, -0.15) is 5.10 Å². The first-order valence-corrected chi connectivity index (χ1v) is 8.91. The predicted octanol–water partition coefficient (Wildman–Crippen LogP) is 0.677. The van der Waals surface area contributed by atoms with Gasteiger partial charge in [0.05, 0.1) is 25.4 Å². The molecule has 2 fully saturated rings. The summed E-state index contributed by atoms with van der Waals surface area (Å²) in [6, 6.07) is 1.93. The molecular weight excluding hydrogens is 292 g/mol. The lowest BCUT2D eigenvalue weighted by Gasteiger charge is -2.36. The first-order valence-electron chi connectivity index (χ1n) is 8.91. The average Bonchev–Trinajstić information content (AvgIpc) is 3.03. The van der Waals surface area contributed by atoms with Gasteiger partial charge in [0, 0.05) is 38.6 Å². The summed E-state index contributed by atoms with van der Waals surface area (Å²) in [6.45, 7) is 9.41. The lowest BCUT2D eigenvalue weighted by atomic mass is 9.99. The summed E-state index contributed by atoms with van der Waals surface area (Å²) in [5.41, 5.74) is 0. The van der Waals surface area contributed by atoms with E-state index in [2.05, 4.69) is 21.8 Å². The van der Waals surface area contributed by atoms with Gasteiger partial charge in [-0.1, -0.05) is 6.92 Å². The lowest BCUT2D eigenvalue weighted by molar-refractivity contribution is -0.0513. The van der Waals surface area contributed by atoms with Crippen molar-refractivity contribution in [3.8, 4) is 0 Å². The normalized spacial score (nSPS) is 26.4. The van der Waals surface area contributed by atoms with Gasteiger partial charge in [0.2, 0.25) is 0 Å². The van der Waals surface area contributed by atoms with Crippen LogP contribution in [0.2, 0.25) is 0 Å². The Balaban J connectivity index is 1.40. The Morgan fingerprint density at radius 3 is 2.74 bits per heavy atom. The summed E-state index contributed by atoms with van der Waals surface area (Å²) in [5, 5.41) is 14.7. The summed E-state index contributed by atoms with van der Waals surface area (Å²) in [7, 11) is 0. The molecule has 0 aliphatic carbocycles. The average molecular weight is 322 g/mol. The summed E-state index contributed by atoms with van der Waals surface area (Å²) < 4.78 is 7.75. The van der Waals surface area contributed by atoms with Crippen LogP contribution in [-0.4, -0.2) is 82.8 Å². The van der Waals surface area contributed by atoms with E-state index in [4.69, 9.17) is 4.74 Å². The van der Waals surface area contributed by atoms with Crippen LogP contribution in [0.4, 0.5) is 0 Å². The first-order chi connectivity index (χ1) is 11.2. The Kier molecular flexibility index (Phi) is 6.05. The fourth-order valence-corrected chi connectivity index (χ4v) is 3.57. The molecule has 23 heavy (non-hydrogen) atoms. The predicted molar refractivity (Wildman–Crippen MR) is 89.3 cm³/mol. The zero-order valence-electron chi connectivity index (χ0n) is 14.2. The minimum Gasteiger partial charge on any atom is -0.390 e. The SMILES string of the molecule is CC1CCN(C[C@@H](O)CN2CCO[C@@H](Cn3cccn3)C2)CC1. The zero-order valence-corrected chi connectivity index (χ0v) is 14.2. The van der Waals surface area contributed by atoms with Gasteiger partial charge < -0.3 is 14.7 Å². The highest BCUT2D eigenvalue weighted by Gasteiger charge is 2.24. The molecule has 6 nitrogen and oxygen atoms in total. The number of aliphatic hydroxyl groups excluding tert-OH is 1. The van der Waals surface area contributed by atoms with Crippen molar-refractivity contribution in [2.24, 2.45) is 5.92 Å². The molecule has 2 aliphatic rings. The van der Waals surface area contributed by atoms with Crippen molar-refractivity contribution in [1.29, 1.82) is 0 Å². The van der Waals surface area contributed by atoms with Crippen molar-refractivity contribution in [2.75, 3.05) is 45.9 Å². The Bertz CT molecular complexity index is 445. The van der Waals surface area contributed by atoms with E-state index >= 15 is 0 Å². The molecule has 2 atom stereocenters. The highest BCUT2D eigenvalue weighted by molar-refractivity contribution is 4.81. The summed E-state index contributed by atoms with van der Waals surface area (Å²) in [4.78, 5) is 4.74. The Morgan fingerprint density at radius 1 is 1.22 bits per heavy atom. The molecule has 1 aromatic rings. The second-order valence-corrected chi connectivity index (χ2v) is 7.12. The maximum atomic E-state index is 10.4. The highest BCUT2D eigenvalue weighted by atomic mass is 16.5. The third-order valence-corrected chi connectivity index (χ3v) is 4.99. The number of rotatable bonds is 6. The summed E-state index contributed by atoms with van der Waals surface area (Å²) in [5.74, 6) is 0.839. The lowest BCUT2D eigenvalue weighted by Crippen LogP contribution is -2.49. The van der Waals surface area contributed by atoms with Gasteiger partial charge in [0.25, 0.3) is 0 Å². The van der Waals surface area contributed by atoms with E-state index in [0.717, 1.165) is 58.3 Å². The van der Waals surface area contributed by atoms with E-state index in [1.165, 1.54) is 12.8 Å². The van der Waals surface area contributed by atoms with E-state index < -0.39 is 0 Å². The van der Waals surface area contributed by atoms with Crippen molar-refractivity contribution >= 4 is 0 Å². The molecular formula is C17H30N4O2. The van der Waals surface area contributed by atoms with Crippen LogP contribution in [0.5, 0.6) is 0 Å². The number of likely N-dealkylation sites (tertiary alicyclic amines) is 1. The Morgan fingerprint density at radius 2 is 2.00 bits per heavy atom. The number of morpholine rings is 1. The molecule has 2 aliphatic heterocycles. The fraction of sp³-hybridized carbons (Fsp3) is 0.824. The standard InChI is InChI=1S/C17H30N4O2/c1-15-3-7-19(8-4-15)11-16(22)12-20-9-10-23-17(13-20)14-21-6-2-5-18-21/h2,5-6,15-17,22H,3-4,7-14H2,1H3/t16-,17-/m1/s1. The van der Waals surface area contributed by atoms with Gasteiger partial charge >= 0.3 is 0 Å². The van der Waals surface area contributed by atoms with E-state index in [0.29, 0.717) is 0 Å². The van der Waals surface area contributed by atoms with E-state index in [1.54, 1.807) is 6.20 Å². The third kappa shape index (κ3) is 5.28. The summed E-state index contributed by atoms with van der Waals surface area (Å²) >= 11 is 0. The Hall–Kier alpha value is -0.950. The first kappa shape index (κ1) is 16.9. The van der Waals surface area contributed by atoms with Crippen molar-refractivity contribution in [1.82, 2.24) is 19.6 Å². The van der Waals surface area contributed by atoms with E-state index in [-0.39, 0.29) is 12.2 Å². The largest absolute Gasteiger partial charge is 0.390 e. The van der Waals surface area contributed by atoms with Crippen LogP contribution in [0.1, 0.15) is 19.8 Å². The van der Waals surface area contributed by atoms with Crippen LogP contribution in [0.15, 0.2) is 18.5 Å². The number of ether oxygens (including phenoxy) is 1. The van der Waals surface area contributed by atoms with Gasteiger partial charge in [-0.3, -0.25) is 9.58 Å². The third-order valence-electron chi connectivity index (χ3n) is 4.99. The second-order valence-electron chi connectivity index (χ2n) is 7.12. The zero-order chi connectivity index (χ0) is 16.1. The summed E-state index contributed by atoms with van der Waals surface area (Å²) in [6.07, 6.45) is 6.17. The van der Waals surface area contributed by atoms with Gasteiger partial charge in [-0.15, -0.1) is 0 Å². The molecule has 3 heterocycles. The van der Waals surface area contributed by atoms with Crippen LogP contribution in [0, 0.1) is 5.92 Å². The molecule has 130 valence electrons. The van der Waals surface area contributed by atoms with Gasteiger partial charge in [-0.05, 0) is 37.9 Å². The molecule has 1 N–H and O–H groups in total. The van der Waals surface area contributed by atoms with Crippen molar-refractivity contribution < 1.29 is 9.84 Å².